The molecule has 8 heteroatoms. The number of hydrazone groups is 1. The maximum Gasteiger partial charge on any atom is 0.416 e. The van der Waals surface area contributed by atoms with E-state index in [-0.39, 0.29) is 5.56 Å². The van der Waals surface area contributed by atoms with Gasteiger partial charge in [-0.3, -0.25) is 4.79 Å². The summed E-state index contributed by atoms with van der Waals surface area (Å²) in [6.45, 7) is 0.924. The molecule has 25 heavy (non-hydrogen) atoms. The lowest BCUT2D eigenvalue weighted by molar-refractivity contribution is -0.137. The number of carbonyl (C=O) groups excluding carboxylic acids is 1. The summed E-state index contributed by atoms with van der Waals surface area (Å²) in [6, 6.07) is 9.24. The zero-order chi connectivity index (χ0) is 17.9. The van der Waals surface area contributed by atoms with Gasteiger partial charge in [-0.15, -0.1) is 0 Å². The molecule has 5 nitrogen and oxygen atoms in total. The van der Waals surface area contributed by atoms with Gasteiger partial charge in [0.1, 0.15) is 13.2 Å². The van der Waals surface area contributed by atoms with Crippen molar-refractivity contribution in [3.05, 3.63) is 59.2 Å². The van der Waals surface area contributed by atoms with E-state index >= 15 is 0 Å². The van der Waals surface area contributed by atoms with Crippen molar-refractivity contribution in [3.63, 3.8) is 0 Å². The van der Waals surface area contributed by atoms with Gasteiger partial charge in [-0.2, -0.15) is 18.3 Å². The van der Waals surface area contributed by atoms with Crippen molar-refractivity contribution in [3.8, 4) is 11.5 Å². The number of amides is 1. The fourth-order valence-corrected chi connectivity index (χ4v) is 2.21. The third-order valence-corrected chi connectivity index (χ3v) is 3.40. The number of halogens is 3. The van der Waals surface area contributed by atoms with E-state index in [0.717, 1.165) is 12.1 Å². The molecule has 0 unspecified atom stereocenters. The number of nitrogens with one attached hydrogen (secondary N) is 1. The molecule has 0 radical (unpaired) electrons. The summed E-state index contributed by atoms with van der Waals surface area (Å²) >= 11 is 0. The topological polar surface area (TPSA) is 59.9 Å². The highest BCUT2D eigenvalue weighted by atomic mass is 19.4. The van der Waals surface area contributed by atoms with Crippen LogP contribution in [0.5, 0.6) is 11.5 Å². The van der Waals surface area contributed by atoms with Gasteiger partial charge in [-0.05, 0) is 42.0 Å². The van der Waals surface area contributed by atoms with Crippen molar-refractivity contribution in [1.29, 1.82) is 0 Å². The van der Waals surface area contributed by atoms with Gasteiger partial charge in [0, 0.05) is 5.56 Å². The first-order valence-electron chi connectivity index (χ1n) is 7.34. The van der Waals surface area contributed by atoms with Crippen LogP contribution in [0.2, 0.25) is 0 Å². The second kappa shape index (κ2) is 6.84. The minimum atomic E-state index is -4.51. The smallest absolute Gasteiger partial charge is 0.416 e. The molecule has 0 aromatic heterocycles. The van der Waals surface area contributed by atoms with Gasteiger partial charge in [0.15, 0.2) is 11.5 Å². The van der Waals surface area contributed by atoms with Crippen LogP contribution in [-0.4, -0.2) is 25.3 Å². The largest absolute Gasteiger partial charge is 0.486 e. The first-order valence-corrected chi connectivity index (χ1v) is 7.34. The van der Waals surface area contributed by atoms with Crippen LogP contribution in [0.15, 0.2) is 47.6 Å². The summed E-state index contributed by atoms with van der Waals surface area (Å²) in [6.07, 6.45) is -3.14. The first kappa shape index (κ1) is 16.8. The Kier molecular flexibility index (Phi) is 4.60. The second-order valence-corrected chi connectivity index (χ2v) is 5.18. The highest BCUT2D eigenvalue weighted by Gasteiger charge is 2.30. The van der Waals surface area contributed by atoms with E-state index in [0.29, 0.717) is 30.3 Å². The van der Waals surface area contributed by atoms with Crippen molar-refractivity contribution in [2.75, 3.05) is 13.2 Å². The molecule has 0 fully saturated rings. The average molecular weight is 350 g/mol. The molecule has 0 aliphatic carbocycles. The molecule has 1 aliphatic rings. The number of carbonyl (C=O) groups is 1. The van der Waals surface area contributed by atoms with Crippen LogP contribution in [0.4, 0.5) is 13.2 Å². The monoisotopic (exact) mass is 350 g/mol. The van der Waals surface area contributed by atoms with Crippen LogP contribution >= 0.6 is 0 Å². The molecular formula is C17H13F3N2O3. The van der Waals surface area contributed by atoms with Gasteiger partial charge in [-0.25, -0.2) is 5.43 Å². The van der Waals surface area contributed by atoms with E-state index < -0.39 is 17.6 Å². The Morgan fingerprint density at radius 2 is 1.84 bits per heavy atom. The minimum Gasteiger partial charge on any atom is -0.486 e. The van der Waals surface area contributed by atoms with Crippen molar-refractivity contribution in [2.24, 2.45) is 5.10 Å². The molecule has 130 valence electrons. The highest BCUT2D eigenvalue weighted by molar-refractivity contribution is 5.95. The third-order valence-electron chi connectivity index (χ3n) is 3.40. The molecule has 0 saturated heterocycles. The van der Waals surface area contributed by atoms with E-state index in [1.807, 2.05) is 0 Å². The lowest BCUT2D eigenvalue weighted by Gasteiger charge is -2.18. The normalized spacial score (nSPS) is 13.7. The summed E-state index contributed by atoms with van der Waals surface area (Å²) in [4.78, 5) is 11.9. The molecule has 0 atom stereocenters. The number of fused-ring (bicyclic) bond motifs is 1. The van der Waals surface area contributed by atoms with Crippen molar-refractivity contribution < 1.29 is 27.4 Å². The predicted molar refractivity (Wildman–Crippen MR) is 83.9 cm³/mol. The Morgan fingerprint density at radius 3 is 2.60 bits per heavy atom. The van der Waals surface area contributed by atoms with Gasteiger partial charge in [0.2, 0.25) is 0 Å². The van der Waals surface area contributed by atoms with E-state index in [2.05, 4.69) is 10.5 Å². The molecule has 1 N–H and O–H groups in total. The molecule has 1 heterocycles. The number of nitrogens with zero attached hydrogens (tertiary/aromatic N) is 1. The molecule has 1 amide bonds. The maximum absolute atomic E-state index is 12.7. The molecular weight excluding hydrogens is 337 g/mol. The lowest BCUT2D eigenvalue weighted by Crippen LogP contribution is -2.18. The van der Waals surface area contributed by atoms with Crippen LogP contribution < -0.4 is 14.9 Å². The predicted octanol–water partition coefficient (Wildman–Crippen LogP) is 3.24. The van der Waals surface area contributed by atoms with E-state index in [4.69, 9.17) is 9.47 Å². The van der Waals surface area contributed by atoms with Crippen LogP contribution in [0.3, 0.4) is 0 Å². The Labute approximate surface area is 141 Å². The van der Waals surface area contributed by atoms with Crippen LogP contribution in [0.1, 0.15) is 21.5 Å². The quantitative estimate of drug-likeness (QED) is 0.683. The summed E-state index contributed by atoms with van der Waals surface area (Å²) in [5, 5.41) is 3.76. The summed E-state index contributed by atoms with van der Waals surface area (Å²) < 4.78 is 48.8. The maximum atomic E-state index is 12.7. The van der Waals surface area contributed by atoms with Crippen molar-refractivity contribution in [2.45, 2.75) is 6.18 Å². The Morgan fingerprint density at radius 1 is 1.08 bits per heavy atom. The molecule has 2 aromatic carbocycles. The Bertz CT molecular complexity index is 819. The number of hydrogen-bond donors (Lipinski definition) is 1. The Hall–Kier alpha value is -3.03. The van der Waals surface area contributed by atoms with Crippen LogP contribution in [-0.2, 0) is 6.18 Å². The lowest BCUT2D eigenvalue weighted by atomic mass is 10.1. The molecule has 3 rings (SSSR count). The summed E-state index contributed by atoms with van der Waals surface area (Å²) in [5.41, 5.74) is 1.82. The number of rotatable bonds is 3. The van der Waals surface area contributed by atoms with Gasteiger partial charge >= 0.3 is 6.18 Å². The molecule has 0 bridgehead atoms. The number of benzene rings is 2. The summed E-state index contributed by atoms with van der Waals surface area (Å²) in [7, 11) is 0. The average Bonchev–Trinajstić information content (AvgIpc) is 2.61. The Balaban J connectivity index is 1.67. The molecule has 1 aliphatic heterocycles. The fourth-order valence-electron chi connectivity index (χ4n) is 2.21. The second-order valence-electron chi connectivity index (χ2n) is 5.18. The minimum absolute atomic E-state index is 0.130. The van der Waals surface area contributed by atoms with Gasteiger partial charge in [0.25, 0.3) is 5.91 Å². The molecule has 0 spiro atoms. The van der Waals surface area contributed by atoms with Crippen LogP contribution in [0.25, 0.3) is 0 Å². The zero-order valence-corrected chi connectivity index (χ0v) is 12.8. The third kappa shape index (κ3) is 4.09. The molecule has 0 saturated carbocycles. The molecule has 2 aromatic rings. The van der Waals surface area contributed by atoms with Gasteiger partial charge in [0.05, 0.1) is 11.8 Å². The summed E-state index contributed by atoms with van der Waals surface area (Å²) in [5.74, 6) is 0.454. The van der Waals surface area contributed by atoms with Crippen molar-refractivity contribution >= 4 is 12.1 Å². The number of alkyl halides is 3. The zero-order valence-electron chi connectivity index (χ0n) is 12.8. The van der Waals surface area contributed by atoms with Gasteiger partial charge in [-0.1, -0.05) is 6.07 Å². The standard InChI is InChI=1S/C17H13F3N2O3/c18-17(19,20)13-3-1-2-12(9-13)16(23)22-21-10-11-4-5-14-15(8-11)25-7-6-24-14/h1-5,8-10H,6-7H2,(H,22,23)/b21-10-. The first-order chi connectivity index (χ1) is 11.9. The van der Waals surface area contributed by atoms with Crippen LogP contribution in [0, 0.1) is 0 Å². The highest BCUT2D eigenvalue weighted by Crippen LogP contribution is 2.30. The number of hydrogen-bond acceptors (Lipinski definition) is 4. The van der Waals surface area contributed by atoms with E-state index in [1.54, 1.807) is 18.2 Å². The SMILES string of the molecule is O=C(N/N=C\c1ccc2c(c1)OCCO2)c1cccc(C(F)(F)F)c1. The number of ether oxygens (including phenoxy) is 2. The van der Waals surface area contributed by atoms with E-state index in [9.17, 15) is 18.0 Å². The van der Waals surface area contributed by atoms with E-state index in [1.165, 1.54) is 18.3 Å². The van der Waals surface area contributed by atoms with Crippen molar-refractivity contribution in [1.82, 2.24) is 5.43 Å². The fraction of sp³-hybridized carbons (Fsp3) is 0.176. The van der Waals surface area contributed by atoms with Gasteiger partial charge < -0.3 is 9.47 Å².